The van der Waals surface area contributed by atoms with Crippen molar-refractivity contribution in [3.8, 4) is 5.75 Å². The van der Waals surface area contributed by atoms with Crippen LogP contribution in [0.5, 0.6) is 5.75 Å². The lowest BCUT2D eigenvalue weighted by Gasteiger charge is -2.48. The predicted octanol–water partition coefficient (Wildman–Crippen LogP) is 4.77. The lowest BCUT2D eigenvalue weighted by atomic mass is 9.91. The Kier molecular flexibility index (Phi) is 7.60. The van der Waals surface area contributed by atoms with Crippen molar-refractivity contribution in [3.05, 3.63) is 58.8 Å². The number of ether oxygens (including phenoxy) is 3. The van der Waals surface area contributed by atoms with Gasteiger partial charge in [0, 0.05) is 50.0 Å². The molecule has 1 amide bonds. The molecule has 2 unspecified atom stereocenters. The quantitative estimate of drug-likeness (QED) is 0.223. The van der Waals surface area contributed by atoms with Crippen molar-refractivity contribution in [2.75, 3.05) is 57.5 Å². The fourth-order valence-corrected chi connectivity index (χ4v) is 9.42. The van der Waals surface area contributed by atoms with Crippen LogP contribution in [0.25, 0.3) is 10.9 Å². The first-order valence-electron chi connectivity index (χ1n) is 14.4. The van der Waals surface area contributed by atoms with Gasteiger partial charge in [0.2, 0.25) is 5.76 Å². The van der Waals surface area contributed by atoms with Gasteiger partial charge in [-0.1, -0.05) is 11.6 Å². The van der Waals surface area contributed by atoms with Crippen LogP contribution in [0.1, 0.15) is 6.42 Å². The number of carbonyl (C=O) groups excluding carboxylic acids is 1. The number of aromatic nitrogens is 2. The molecule has 1 N–H and O–H groups in total. The maximum Gasteiger partial charge on any atom is 0.556 e. The second-order valence-electron chi connectivity index (χ2n) is 10.9. The lowest BCUT2D eigenvalue weighted by molar-refractivity contribution is -0.327. The van der Waals surface area contributed by atoms with Gasteiger partial charge < -0.3 is 24.1 Å². The van der Waals surface area contributed by atoms with Crippen LogP contribution in [0.2, 0.25) is 5.02 Å². The molecule has 5 fully saturated rings. The minimum Gasteiger partial charge on any atom is -0.489 e. The van der Waals surface area contributed by atoms with Crippen LogP contribution >= 0.6 is 27.2 Å². The Bertz CT molecular complexity index is 2000. The number of hydroxylamine groups is 1. The van der Waals surface area contributed by atoms with Gasteiger partial charge in [0.05, 0.1) is 23.8 Å². The number of rotatable bonds is 10. The highest BCUT2D eigenvalue weighted by atomic mass is 35.5. The Balaban J connectivity index is 1.25. The number of anilines is 3. The Labute approximate surface area is 275 Å². The molecule has 17 nitrogen and oxygen atoms in total. The number of likely N-dealkylation sites (tertiary alicyclic amines) is 1. The molecule has 48 heavy (non-hydrogen) atoms. The normalized spacial score (nSPS) is 30.5. The Morgan fingerprint density at radius 2 is 1.83 bits per heavy atom. The fraction of sp³-hybridized carbons (Fsp3) is 0.370. The number of hydrogen-bond acceptors (Lipinski definition) is 16. The van der Waals surface area contributed by atoms with Gasteiger partial charge in [-0.05, 0) is 30.7 Å². The highest BCUT2D eigenvalue weighted by molar-refractivity contribution is 7.51. The molecule has 1 spiro atoms. The number of halogens is 2. The summed E-state index contributed by atoms with van der Waals surface area (Å²) in [6.07, 6.45) is 1.38. The maximum absolute atomic E-state index is 14.4. The second kappa shape index (κ2) is 11.4. The summed E-state index contributed by atoms with van der Waals surface area (Å²) < 4.78 is 92.0. The summed E-state index contributed by atoms with van der Waals surface area (Å²) in [5.41, 5.74) is 0.805. The maximum atomic E-state index is 14.4. The van der Waals surface area contributed by atoms with Gasteiger partial charge in [-0.2, -0.15) is 5.06 Å². The Morgan fingerprint density at radius 1 is 1.04 bits per heavy atom. The molecular weight excluding hydrogens is 703 g/mol. The molecule has 1 aromatic heterocycles. The highest BCUT2D eigenvalue weighted by Gasteiger charge is 2.88. The second-order valence-corrected chi connectivity index (χ2v) is 14.2. The monoisotopic (exact) mass is 727 g/mol. The van der Waals surface area contributed by atoms with Crippen molar-refractivity contribution in [1.29, 1.82) is 0 Å². The van der Waals surface area contributed by atoms with E-state index in [4.69, 9.17) is 53.1 Å². The summed E-state index contributed by atoms with van der Waals surface area (Å²) in [7, 11) is -5.98. The molecule has 21 heteroatoms. The van der Waals surface area contributed by atoms with Crippen molar-refractivity contribution >= 4 is 61.2 Å². The number of carbonyl (C=O) groups is 1. The van der Waals surface area contributed by atoms with E-state index in [-0.39, 0.29) is 67.2 Å². The van der Waals surface area contributed by atoms with Crippen LogP contribution in [0.3, 0.4) is 0 Å². The zero-order valence-corrected chi connectivity index (χ0v) is 27.6. The smallest absolute Gasteiger partial charge is 0.489 e. The molecule has 6 bridgehead atoms. The summed E-state index contributed by atoms with van der Waals surface area (Å²) in [5.74, 6) is -5.89. The first-order valence-corrected chi connectivity index (χ1v) is 17.7. The molecule has 5 saturated heterocycles. The number of methoxy groups -OCH3 is 2. The first kappa shape index (κ1) is 32.0. The molecule has 6 aliphatic heterocycles. The molecule has 0 saturated carbocycles. The van der Waals surface area contributed by atoms with Gasteiger partial charge in [-0.25, -0.2) is 46.5 Å². The first-order chi connectivity index (χ1) is 23.0. The minimum absolute atomic E-state index is 0.0429. The number of phosphoric acid groups is 2. The third-order valence-corrected chi connectivity index (χ3v) is 11.0. The topological polar surface area (TPSA) is 179 Å². The van der Waals surface area contributed by atoms with Gasteiger partial charge in [0.1, 0.15) is 36.0 Å². The molecule has 0 radical (unpaired) electrons. The van der Waals surface area contributed by atoms with Crippen molar-refractivity contribution in [3.63, 3.8) is 0 Å². The zero-order chi connectivity index (χ0) is 33.5. The predicted molar refractivity (Wildman–Crippen MR) is 161 cm³/mol. The molecular formula is C27H25ClFN5O12P2. The summed E-state index contributed by atoms with van der Waals surface area (Å²) in [6, 6.07) is 7.01. The van der Waals surface area contributed by atoms with Gasteiger partial charge >= 0.3 is 27.5 Å². The van der Waals surface area contributed by atoms with Gasteiger partial charge in [0.25, 0.3) is 5.79 Å². The average molecular weight is 728 g/mol. The van der Waals surface area contributed by atoms with E-state index >= 15 is 0 Å². The van der Waals surface area contributed by atoms with Crippen LogP contribution in [0.4, 0.5) is 21.6 Å². The van der Waals surface area contributed by atoms with Crippen LogP contribution < -0.4 is 15.1 Å². The highest BCUT2D eigenvalue weighted by Crippen LogP contribution is 2.84. The molecule has 0 aliphatic carbocycles. The number of nitrogens with zero attached hydrogens (tertiary/aromatic N) is 4. The number of benzene rings is 2. The summed E-state index contributed by atoms with van der Waals surface area (Å²) in [5, 5.41) is 4.01. The minimum atomic E-state index is -4.84. The molecule has 2 aromatic carbocycles. The molecule has 2 atom stereocenters. The zero-order valence-electron chi connectivity index (χ0n) is 25.0. The number of fused-ring (bicyclic) bond motifs is 3. The van der Waals surface area contributed by atoms with E-state index in [1.54, 1.807) is 4.90 Å². The lowest BCUT2D eigenvalue weighted by Crippen LogP contribution is -2.68. The van der Waals surface area contributed by atoms with E-state index in [2.05, 4.69) is 15.3 Å². The largest absolute Gasteiger partial charge is 0.556 e. The Morgan fingerprint density at radius 3 is 2.60 bits per heavy atom. The van der Waals surface area contributed by atoms with E-state index in [0.29, 0.717) is 21.7 Å². The van der Waals surface area contributed by atoms with Crippen molar-refractivity contribution in [2.24, 2.45) is 0 Å². The molecule has 254 valence electrons. The van der Waals surface area contributed by atoms with Crippen LogP contribution in [-0.4, -0.2) is 79.6 Å². The van der Waals surface area contributed by atoms with Crippen LogP contribution in [0, 0.1) is 5.82 Å². The number of amides is 1. The van der Waals surface area contributed by atoms with Crippen LogP contribution in [-0.2, 0) is 50.6 Å². The number of piperidine rings is 1. The van der Waals surface area contributed by atoms with E-state index in [9.17, 15) is 18.3 Å². The van der Waals surface area contributed by atoms with Crippen molar-refractivity contribution < 1.29 is 59.8 Å². The molecule has 6 aliphatic rings. The third kappa shape index (κ3) is 4.79. The standard InChI is InChI=1S/C27H25ClFN5O12P2/c1-38-8-7-33-6-5-17-23-25(35)34(46-47(36,41-23)44-27(33)26(17)42-48(37,43-26)45-27)21-12-16-20(13-22(21)40-10-9-39-2)30-14-31-24(16)32-15-3-4-19(29)18(28)11-15/h3-4,11-14H,5-10H2,1-2H3,(H,30,31,32). The van der Waals surface area contributed by atoms with Gasteiger partial charge in [0.15, 0.2) is 0 Å². The number of phosphoric ester groups is 2. The molecule has 9 rings (SSSR count). The average Bonchev–Trinajstić information content (AvgIpc) is 3.44. The fourth-order valence-electron chi connectivity index (χ4n) is 5.98. The van der Waals surface area contributed by atoms with E-state index < -0.39 is 44.8 Å². The van der Waals surface area contributed by atoms with Crippen molar-refractivity contribution in [2.45, 2.75) is 18.1 Å². The SMILES string of the molecule is COCCOc1cc2ncnc(Nc3ccc(F)c(Cl)c3)c2cc1N1OP2(=O)OC(=C3CCN(CCOC)C4(O2)OP2(=O)OC34O2)C1=O. The summed E-state index contributed by atoms with van der Waals surface area (Å²) in [4.78, 5) is 24.5. The third-order valence-electron chi connectivity index (χ3n) is 8.08. The summed E-state index contributed by atoms with van der Waals surface area (Å²) in [6.45, 7) is 0.741. The molecule has 3 aromatic rings. The number of nitrogens with one attached hydrogen (secondary N) is 1. The van der Waals surface area contributed by atoms with E-state index in [1.807, 2.05) is 0 Å². The van der Waals surface area contributed by atoms with Gasteiger partial charge in [-0.15, -0.1) is 4.62 Å². The van der Waals surface area contributed by atoms with Crippen LogP contribution in [0.15, 0.2) is 48.0 Å². The van der Waals surface area contributed by atoms with Gasteiger partial charge in [-0.3, -0.25) is 4.79 Å². The van der Waals surface area contributed by atoms with E-state index in [0.717, 1.165) is 0 Å². The van der Waals surface area contributed by atoms with Crippen molar-refractivity contribution in [1.82, 2.24) is 14.9 Å². The van der Waals surface area contributed by atoms with E-state index in [1.165, 1.54) is 50.9 Å². The Hall–Kier alpha value is -3.25. The number of hydrogen-bond donors (Lipinski definition) is 1. The summed E-state index contributed by atoms with van der Waals surface area (Å²) >= 11 is 5.98. The molecule has 7 heterocycles.